The molecule has 1 amide bonds. The van der Waals surface area contributed by atoms with Crippen LogP contribution in [0.15, 0.2) is 5.38 Å². The molecule has 0 radical (unpaired) electrons. The molecule has 1 aliphatic heterocycles. The number of nitrogens with one attached hydrogen (secondary N) is 1. The molecular formula is C10H15N3OS. The van der Waals surface area contributed by atoms with E-state index in [4.69, 9.17) is 0 Å². The smallest absolute Gasteiger partial charge is 0.273 e. The van der Waals surface area contributed by atoms with Gasteiger partial charge in [0.05, 0.1) is 5.01 Å². The van der Waals surface area contributed by atoms with E-state index in [0.29, 0.717) is 5.69 Å². The highest BCUT2D eigenvalue weighted by Gasteiger charge is 2.25. The lowest BCUT2D eigenvalue weighted by Crippen LogP contribution is -2.52. The Morgan fingerprint density at radius 2 is 2.53 bits per heavy atom. The Balaban J connectivity index is 2.13. The molecule has 2 heterocycles. The SMILES string of the molecule is Cc1nc(C(=O)N2CCNC[C@@H]2C)cs1. The zero-order valence-electron chi connectivity index (χ0n) is 8.99. The Morgan fingerprint density at radius 3 is 3.13 bits per heavy atom. The predicted molar refractivity (Wildman–Crippen MR) is 60.2 cm³/mol. The monoisotopic (exact) mass is 225 g/mol. The van der Waals surface area contributed by atoms with Gasteiger partial charge in [0.15, 0.2) is 0 Å². The number of thiazole rings is 1. The van der Waals surface area contributed by atoms with Crippen molar-refractivity contribution < 1.29 is 4.79 Å². The summed E-state index contributed by atoms with van der Waals surface area (Å²) in [5, 5.41) is 6.05. The van der Waals surface area contributed by atoms with Crippen LogP contribution in [0, 0.1) is 6.92 Å². The summed E-state index contributed by atoms with van der Waals surface area (Å²) in [4.78, 5) is 18.2. The molecule has 2 rings (SSSR count). The molecule has 15 heavy (non-hydrogen) atoms. The van der Waals surface area contributed by atoms with Crippen molar-refractivity contribution in [3.05, 3.63) is 16.1 Å². The van der Waals surface area contributed by atoms with Crippen molar-refractivity contribution in [1.29, 1.82) is 0 Å². The zero-order chi connectivity index (χ0) is 10.8. The van der Waals surface area contributed by atoms with Crippen LogP contribution < -0.4 is 5.32 Å². The molecule has 0 aromatic carbocycles. The molecule has 1 fully saturated rings. The first-order chi connectivity index (χ1) is 7.18. The summed E-state index contributed by atoms with van der Waals surface area (Å²) in [6.07, 6.45) is 0. The third kappa shape index (κ3) is 2.18. The number of hydrogen-bond acceptors (Lipinski definition) is 4. The minimum atomic E-state index is 0.0633. The minimum Gasteiger partial charge on any atom is -0.332 e. The van der Waals surface area contributed by atoms with Gasteiger partial charge in [-0.3, -0.25) is 4.79 Å². The second-order valence-electron chi connectivity index (χ2n) is 3.80. The number of rotatable bonds is 1. The Bertz CT molecular complexity index is 363. The molecule has 1 N–H and O–H groups in total. The first kappa shape index (κ1) is 10.6. The highest BCUT2D eigenvalue weighted by Crippen LogP contribution is 2.13. The third-order valence-corrected chi connectivity index (χ3v) is 3.37. The Kier molecular flexibility index (Phi) is 3.02. The maximum absolute atomic E-state index is 12.1. The molecule has 82 valence electrons. The van der Waals surface area contributed by atoms with E-state index in [2.05, 4.69) is 17.2 Å². The summed E-state index contributed by atoms with van der Waals surface area (Å²) in [5.41, 5.74) is 0.589. The largest absolute Gasteiger partial charge is 0.332 e. The first-order valence-electron chi connectivity index (χ1n) is 5.12. The summed E-state index contributed by atoms with van der Waals surface area (Å²) >= 11 is 1.52. The Morgan fingerprint density at radius 1 is 1.73 bits per heavy atom. The lowest BCUT2D eigenvalue weighted by atomic mass is 10.2. The van der Waals surface area contributed by atoms with Crippen LogP contribution in [-0.2, 0) is 0 Å². The average Bonchev–Trinajstić information content (AvgIpc) is 2.65. The van der Waals surface area contributed by atoms with Gasteiger partial charge < -0.3 is 10.2 Å². The average molecular weight is 225 g/mol. The fourth-order valence-corrected chi connectivity index (χ4v) is 2.34. The normalized spacial score (nSPS) is 21.7. The number of piperazine rings is 1. The Hall–Kier alpha value is -0.940. The summed E-state index contributed by atoms with van der Waals surface area (Å²) in [6, 6.07) is 0.258. The quantitative estimate of drug-likeness (QED) is 0.772. The maximum atomic E-state index is 12.1. The number of aryl methyl sites for hydroxylation is 1. The molecule has 1 atom stereocenters. The number of carbonyl (C=O) groups excluding carboxylic acids is 1. The standard InChI is InChI=1S/C10H15N3OS/c1-7-5-11-3-4-13(7)10(14)9-6-15-8(2)12-9/h6-7,11H,3-5H2,1-2H3/t7-/m0/s1. The van der Waals surface area contributed by atoms with Crippen LogP contribution in [0.4, 0.5) is 0 Å². The first-order valence-corrected chi connectivity index (χ1v) is 6.00. The van der Waals surface area contributed by atoms with E-state index in [1.165, 1.54) is 11.3 Å². The number of aromatic nitrogens is 1. The van der Waals surface area contributed by atoms with E-state index in [-0.39, 0.29) is 11.9 Å². The second-order valence-corrected chi connectivity index (χ2v) is 4.87. The highest BCUT2D eigenvalue weighted by atomic mass is 32.1. The molecule has 5 heteroatoms. The van der Waals surface area contributed by atoms with Gasteiger partial charge in [0, 0.05) is 31.1 Å². The number of amides is 1. The minimum absolute atomic E-state index is 0.0633. The molecule has 0 bridgehead atoms. The topological polar surface area (TPSA) is 45.2 Å². The molecule has 0 unspecified atom stereocenters. The summed E-state index contributed by atoms with van der Waals surface area (Å²) < 4.78 is 0. The van der Waals surface area contributed by atoms with Crippen molar-refractivity contribution in [1.82, 2.24) is 15.2 Å². The Labute approximate surface area is 93.3 Å². The van der Waals surface area contributed by atoms with Crippen molar-refractivity contribution in [3.8, 4) is 0 Å². The van der Waals surface area contributed by atoms with Gasteiger partial charge in [-0.05, 0) is 13.8 Å². The van der Waals surface area contributed by atoms with E-state index in [1.807, 2.05) is 17.2 Å². The fourth-order valence-electron chi connectivity index (χ4n) is 1.75. The van der Waals surface area contributed by atoms with Crippen LogP contribution >= 0.6 is 11.3 Å². The van der Waals surface area contributed by atoms with Gasteiger partial charge in [-0.1, -0.05) is 0 Å². The van der Waals surface area contributed by atoms with Gasteiger partial charge in [0.1, 0.15) is 5.69 Å². The van der Waals surface area contributed by atoms with Crippen molar-refractivity contribution in [2.24, 2.45) is 0 Å². The number of hydrogen-bond donors (Lipinski definition) is 1. The number of carbonyl (C=O) groups is 1. The van der Waals surface area contributed by atoms with Crippen LogP contribution in [0.25, 0.3) is 0 Å². The van der Waals surface area contributed by atoms with Gasteiger partial charge in [0.25, 0.3) is 5.91 Å². The third-order valence-electron chi connectivity index (χ3n) is 2.60. The fraction of sp³-hybridized carbons (Fsp3) is 0.600. The molecule has 0 aliphatic carbocycles. The second kappa shape index (κ2) is 4.28. The van der Waals surface area contributed by atoms with Crippen molar-refractivity contribution in [2.45, 2.75) is 19.9 Å². The molecule has 0 saturated carbocycles. The zero-order valence-corrected chi connectivity index (χ0v) is 9.80. The van der Waals surface area contributed by atoms with Crippen LogP contribution in [0.5, 0.6) is 0 Å². The molecule has 1 aromatic rings. The molecule has 4 nitrogen and oxygen atoms in total. The van der Waals surface area contributed by atoms with Crippen LogP contribution in [0.2, 0.25) is 0 Å². The van der Waals surface area contributed by atoms with Gasteiger partial charge in [0.2, 0.25) is 0 Å². The lowest BCUT2D eigenvalue weighted by molar-refractivity contribution is 0.0650. The van der Waals surface area contributed by atoms with Gasteiger partial charge >= 0.3 is 0 Å². The van der Waals surface area contributed by atoms with E-state index in [1.54, 1.807) is 0 Å². The van der Waals surface area contributed by atoms with Gasteiger partial charge in [-0.15, -0.1) is 11.3 Å². The number of nitrogens with zero attached hydrogens (tertiary/aromatic N) is 2. The summed E-state index contributed by atoms with van der Waals surface area (Å²) in [7, 11) is 0. The van der Waals surface area contributed by atoms with Crippen LogP contribution in [-0.4, -0.2) is 41.5 Å². The van der Waals surface area contributed by atoms with E-state index >= 15 is 0 Å². The van der Waals surface area contributed by atoms with E-state index in [0.717, 1.165) is 24.6 Å². The predicted octanol–water partition coefficient (Wildman–Crippen LogP) is 0.885. The lowest BCUT2D eigenvalue weighted by Gasteiger charge is -2.33. The van der Waals surface area contributed by atoms with Crippen molar-refractivity contribution in [3.63, 3.8) is 0 Å². The van der Waals surface area contributed by atoms with E-state index < -0.39 is 0 Å². The molecule has 1 aliphatic rings. The van der Waals surface area contributed by atoms with Crippen molar-refractivity contribution in [2.75, 3.05) is 19.6 Å². The highest BCUT2D eigenvalue weighted by molar-refractivity contribution is 7.09. The molecular weight excluding hydrogens is 210 g/mol. The van der Waals surface area contributed by atoms with Gasteiger partial charge in [-0.2, -0.15) is 0 Å². The summed E-state index contributed by atoms with van der Waals surface area (Å²) in [5.74, 6) is 0.0633. The molecule has 1 saturated heterocycles. The van der Waals surface area contributed by atoms with Gasteiger partial charge in [-0.25, -0.2) is 4.98 Å². The molecule has 1 aromatic heterocycles. The van der Waals surface area contributed by atoms with Crippen LogP contribution in [0.1, 0.15) is 22.4 Å². The van der Waals surface area contributed by atoms with Crippen LogP contribution in [0.3, 0.4) is 0 Å². The maximum Gasteiger partial charge on any atom is 0.273 e. The van der Waals surface area contributed by atoms with E-state index in [9.17, 15) is 4.79 Å². The molecule has 0 spiro atoms. The summed E-state index contributed by atoms with van der Waals surface area (Å²) in [6.45, 7) is 6.50. The van der Waals surface area contributed by atoms with Crippen molar-refractivity contribution >= 4 is 17.2 Å².